The Kier molecular flexibility index (Phi) is 3.94. The molecule has 0 amide bonds. The second-order valence-electron chi connectivity index (χ2n) is 4.29. The molecule has 0 unspecified atom stereocenters. The molecule has 0 N–H and O–H groups in total. The van der Waals surface area contributed by atoms with E-state index in [9.17, 15) is 4.79 Å². The van der Waals surface area contributed by atoms with Gasteiger partial charge in [0.25, 0.3) is 0 Å². The van der Waals surface area contributed by atoms with Crippen LogP contribution >= 0.6 is 22.6 Å². The highest BCUT2D eigenvalue weighted by Gasteiger charge is 2.13. The fraction of sp³-hybridized carbons (Fsp3) is 0.357. The van der Waals surface area contributed by atoms with Crippen LogP contribution in [0.25, 0.3) is 11.0 Å². The summed E-state index contributed by atoms with van der Waals surface area (Å²) < 4.78 is 12.1. The average molecular weight is 358 g/mol. The van der Waals surface area contributed by atoms with Gasteiger partial charge in [-0.2, -0.15) is 0 Å². The Hall–Kier alpha value is -1.04. The molecule has 0 radical (unpaired) electrons. The predicted molar refractivity (Wildman–Crippen MR) is 80.5 cm³/mol. The van der Waals surface area contributed by atoms with E-state index in [1.807, 2.05) is 19.9 Å². The molecule has 0 fully saturated rings. The maximum atomic E-state index is 11.5. The Balaban J connectivity index is 2.72. The van der Waals surface area contributed by atoms with Crippen molar-refractivity contribution in [2.75, 3.05) is 6.61 Å². The SMILES string of the molecule is CCCOc1c(I)cc2c(C)cc(=O)oc2c1C. The van der Waals surface area contributed by atoms with Gasteiger partial charge >= 0.3 is 5.63 Å². The fourth-order valence-electron chi connectivity index (χ4n) is 1.93. The highest BCUT2D eigenvalue weighted by Crippen LogP contribution is 2.33. The molecule has 1 heterocycles. The first-order valence-corrected chi connectivity index (χ1v) is 6.98. The van der Waals surface area contributed by atoms with Crippen LogP contribution in [0.2, 0.25) is 0 Å². The summed E-state index contributed by atoms with van der Waals surface area (Å²) in [5.41, 5.74) is 2.15. The van der Waals surface area contributed by atoms with Crippen LogP contribution in [0.1, 0.15) is 24.5 Å². The van der Waals surface area contributed by atoms with Crippen molar-refractivity contribution in [3.05, 3.63) is 37.2 Å². The van der Waals surface area contributed by atoms with Crippen molar-refractivity contribution in [1.82, 2.24) is 0 Å². The summed E-state index contributed by atoms with van der Waals surface area (Å²) in [7, 11) is 0. The summed E-state index contributed by atoms with van der Waals surface area (Å²) in [5, 5.41) is 0.973. The molecule has 0 atom stereocenters. The van der Waals surface area contributed by atoms with Gasteiger partial charge in [-0.3, -0.25) is 0 Å². The fourth-order valence-corrected chi connectivity index (χ4v) is 2.80. The smallest absolute Gasteiger partial charge is 0.336 e. The lowest BCUT2D eigenvalue weighted by atomic mass is 10.1. The Morgan fingerprint density at radius 1 is 1.33 bits per heavy atom. The van der Waals surface area contributed by atoms with Gasteiger partial charge in [0, 0.05) is 17.0 Å². The minimum atomic E-state index is -0.314. The molecule has 0 saturated carbocycles. The van der Waals surface area contributed by atoms with Gasteiger partial charge in [0.15, 0.2) is 0 Å². The molecule has 18 heavy (non-hydrogen) atoms. The zero-order valence-electron chi connectivity index (χ0n) is 10.7. The van der Waals surface area contributed by atoms with Gasteiger partial charge in [-0.1, -0.05) is 6.92 Å². The number of hydrogen-bond acceptors (Lipinski definition) is 3. The molecule has 2 aromatic rings. The van der Waals surface area contributed by atoms with Gasteiger partial charge in [-0.25, -0.2) is 4.79 Å². The van der Waals surface area contributed by atoms with Gasteiger partial charge in [0.1, 0.15) is 11.3 Å². The molecule has 0 aliphatic rings. The first kappa shape index (κ1) is 13.4. The summed E-state index contributed by atoms with van der Waals surface area (Å²) in [6.45, 7) is 6.57. The molecule has 2 rings (SSSR count). The maximum Gasteiger partial charge on any atom is 0.336 e. The largest absolute Gasteiger partial charge is 0.492 e. The van der Waals surface area contributed by atoms with Gasteiger partial charge in [0.2, 0.25) is 0 Å². The van der Waals surface area contributed by atoms with Crippen molar-refractivity contribution >= 4 is 33.6 Å². The molecular weight excluding hydrogens is 343 g/mol. The summed E-state index contributed by atoms with van der Waals surface area (Å²) >= 11 is 2.25. The molecule has 1 aromatic carbocycles. The lowest BCUT2D eigenvalue weighted by molar-refractivity contribution is 0.313. The van der Waals surface area contributed by atoms with Crippen molar-refractivity contribution < 1.29 is 9.15 Å². The second kappa shape index (κ2) is 5.30. The number of fused-ring (bicyclic) bond motifs is 1. The standard InChI is InChI=1S/C14H15IO3/c1-4-5-17-14-9(3)13-10(7-11(14)15)8(2)6-12(16)18-13/h6-7H,4-5H2,1-3H3. The third kappa shape index (κ3) is 2.39. The van der Waals surface area contributed by atoms with Crippen LogP contribution in [0.5, 0.6) is 5.75 Å². The van der Waals surface area contributed by atoms with E-state index in [1.54, 1.807) is 0 Å². The number of rotatable bonds is 3. The second-order valence-corrected chi connectivity index (χ2v) is 5.45. The Morgan fingerprint density at radius 3 is 2.72 bits per heavy atom. The Labute approximate surface area is 119 Å². The predicted octanol–water partition coefficient (Wildman–Crippen LogP) is 3.80. The van der Waals surface area contributed by atoms with Crippen LogP contribution in [0.4, 0.5) is 0 Å². The van der Waals surface area contributed by atoms with Gasteiger partial charge in [0.05, 0.1) is 10.2 Å². The molecule has 4 heteroatoms. The normalized spacial score (nSPS) is 10.9. The van der Waals surface area contributed by atoms with Crippen molar-refractivity contribution in [1.29, 1.82) is 0 Å². The van der Waals surface area contributed by atoms with E-state index in [0.717, 1.165) is 32.3 Å². The molecule has 3 nitrogen and oxygen atoms in total. The first-order chi connectivity index (χ1) is 8.54. The highest BCUT2D eigenvalue weighted by atomic mass is 127. The van der Waals surface area contributed by atoms with Gasteiger partial charge in [-0.15, -0.1) is 0 Å². The van der Waals surface area contributed by atoms with Crippen molar-refractivity contribution in [3.63, 3.8) is 0 Å². The third-order valence-corrected chi connectivity index (χ3v) is 3.63. The minimum Gasteiger partial charge on any atom is -0.492 e. The lowest BCUT2D eigenvalue weighted by Crippen LogP contribution is -2.03. The van der Waals surface area contributed by atoms with Gasteiger partial charge in [-0.05, 0) is 54.5 Å². The molecule has 0 aliphatic carbocycles. The highest BCUT2D eigenvalue weighted by molar-refractivity contribution is 14.1. The molecule has 0 spiro atoms. The summed E-state index contributed by atoms with van der Waals surface area (Å²) in [5.74, 6) is 0.818. The van der Waals surface area contributed by atoms with E-state index >= 15 is 0 Å². The Morgan fingerprint density at radius 2 is 2.06 bits per heavy atom. The van der Waals surface area contributed by atoms with Crippen LogP contribution in [0.3, 0.4) is 0 Å². The van der Waals surface area contributed by atoms with Crippen LogP contribution in [-0.2, 0) is 0 Å². The molecule has 0 bridgehead atoms. The van der Waals surface area contributed by atoms with Crippen LogP contribution in [0.15, 0.2) is 21.3 Å². The van der Waals surface area contributed by atoms with Gasteiger partial charge < -0.3 is 9.15 Å². The first-order valence-electron chi connectivity index (χ1n) is 5.91. The molecular formula is C14H15IO3. The van der Waals surface area contributed by atoms with Crippen molar-refractivity contribution in [2.24, 2.45) is 0 Å². The van der Waals surface area contributed by atoms with E-state index in [0.29, 0.717) is 12.2 Å². The van der Waals surface area contributed by atoms with Crippen LogP contribution in [0, 0.1) is 17.4 Å². The number of halogens is 1. The molecule has 96 valence electrons. The zero-order chi connectivity index (χ0) is 13.3. The topological polar surface area (TPSA) is 39.4 Å². The maximum absolute atomic E-state index is 11.5. The monoisotopic (exact) mass is 358 g/mol. The number of benzene rings is 1. The summed E-state index contributed by atoms with van der Waals surface area (Å²) in [6, 6.07) is 3.52. The summed E-state index contributed by atoms with van der Waals surface area (Å²) in [4.78, 5) is 11.5. The molecule has 1 aromatic heterocycles. The van der Waals surface area contributed by atoms with Crippen molar-refractivity contribution in [2.45, 2.75) is 27.2 Å². The van der Waals surface area contributed by atoms with E-state index in [4.69, 9.17) is 9.15 Å². The molecule has 0 aliphatic heterocycles. The quantitative estimate of drug-likeness (QED) is 0.619. The van der Waals surface area contributed by atoms with E-state index in [-0.39, 0.29) is 5.63 Å². The zero-order valence-corrected chi connectivity index (χ0v) is 12.8. The third-order valence-electron chi connectivity index (χ3n) is 2.83. The Bertz CT molecular complexity index is 644. The summed E-state index contributed by atoms with van der Waals surface area (Å²) in [6.07, 6.45) is 0.950. The van der Waals surface area contributed by atoms with Crippen molar-refractivity contribution in [3.8, 4) is 5.75 Å². The number of aryl methyl sites for hydroxylation is 2. The molecule has 0 saturated heterocycles. The van der Waals surface area contributed by atoms with Crippen LogP contribution in [-0.4, -0.2) is 6.61 Å². The lowest BCUT2D eigenvalue weighted by Gasteiger charge is -2.13. The number of ether oxygens (including phenoxy) is 1. The minimum absolute atomic E-state index is 0.314. The average Bonchev–Trinajstić information content (AvgIpc) is 2.31. The van der Waals surface area contributed by atoms with E-state index in [1.165, 1.54) is 6.07 Å². The van der Waals surface area contributed by atoms with Crippen LogP contribution < -0.4 is 10.4 Å². The van der Waals surface area contributed by atoms with E-state index < -0.39 is 0 Å². The van der Waals surface area contributed by atoms with E-state index in [2.05, 4.69) is 29.5 Å². The number of hydrogen-bond donors (Lipinski definition) is 0.